The highest BCUT2D eigenvalue weighted by Gasteiger charge is 1.83. The van der Waals surface area contributed by atoms with Crippen molar-refractivity contribution < 1.29 is 14.7 Å². The summed E-state index contributed by atoms with van der Waals surface area (Å²) in [6.07, 6.45) is 0. The molecule has 4 heteroatoms. The number of carboxylic acid groups (broad SMARTS) is 1. The van der Waals surface area contributed by atoms with Gasteiger partial charge in [-0.25, -0.2) is 0 Å². The Morgan fingerprint density at radius 1 is 1.44 bits per heavy atom. The van der Waals surface area contributed by atoms with Crippen LogP contribution < -0.4 is 0 Å². The fourth-order valence-corrected chi connectivity index (χ4v) is 0. The summed E-state index contributed by atoms with van der Waals surface area (Å²) in [5.41, 5.74) is 0. The molecule has 0 bridgehead atoms. The number of hydrogen-bond acceptors (Lipinski definition) is 2. The Morgan fingerprint density at radius 2 is 1.56 bits per heavy atom. The number of carbonyl (C=O) groups is 2. The van der Waals surface area contributed by atoms with Gasteiger partial charge in [-0.2, -0.15) is 0 Å². The summed E-state index contributed by atoms with van der Waals surface area (Å²) in [5, 5.41) is 7.71. The summed E-state index contributed by atoms with van der Waals surface area (Å²) in [4.78, 5) is 18.8. The van der Waals surface area contributed by atoms with Gasteiger partial charge in [-0.3, -0.25) is 4.79 Å². The number of Topliss-reactive ketones (excluding diaryl/α,β-unsaturated/α-hetero) is 1. The van der Waals surface area contributed by atoms with Crippen molar-refractivity contribution in [3.05, 3.63) is 0 Å². The first-order chi connectivity index (χ1) is 4.00. The van der Waals surface area contributed by atoms with Gasteiger partial charge in [0.1, 0.15) is 11.1 Å². The van der Waals surface area contributed by atoms with Gasteiger partial charge in [-0.1, -0.05) is 15.9 Å². The van der Waals surface area contributed by atoms with Gasteiger partial charge in [0, 0.05) is 0 Å². The van der Waals surface area contributed by atoms with Crippen molar-refractivity contribution in [1.82, 2.24) is 0 Å². The smallest absolute Gasteiger partial charge is 0.314 e. The molecule has 9 heavy (non-hydrogen) atoms. The molecule has 1 N–H and O–H groups in total. The lowest BCUT2D eigenvalue weighted by atomic mass is 10.6. The molecule has 0 unspecified atom stereocenters. The van der Waals surface area contributed by atoms with Gasteiger partial charge < -0.3 is 9.90 Å². The Labute approximate surface area is 62.2 Å². The molecule has 0 aromatic rings. The number of alkyl halides is 1. The largest absolute Gasteiger partial charge is 0.481 e. The molecule has 0 aliphatic carbocycles. The molecule has 0 fully saturated rings. The SMILES string of the molecule is CC(C)=O.O=C(O)CBr. The molecule has 0 radical (unpaired) electrons. The molecule has 0 amide bonds. The lowest BCUT2D eigenvalue weighted by Crippen LogP contribution is -1.92. The van der Waals surface area contributed by atoms with Crippen molar-refractivity contribution >= 4 is 27.7 Å². The van der Waals surface area contributed by atoms with E-state index < -0.39 is 5.97 Å². The topological polar surface area (TPSA) is 54.4 Å². The number of hydrogen-bond donors (Lipinski definition) is 1. The molecule has 0 aromatic carbocycles. The molecule has 3 nitrogen and oxygen atoms in total. The molecular weight excluding hydrogens is 188 g/mol. The summed E-state index contributed by atoms with van der Waals surface area (Å²) in [5.74, 6) is -0.662. The zero-order valence-corrected chi connectivity index (χ0v) is 6.93. The van der Waals surface area contributed by atoms with Gasteiger partial charge in [0.2, 0.25) is 0 Å². The van der Waals surface area contributed by atoms with Crippen LogP contribution in [0.4, 0.5) is 0 Å². The van der Waals surface area contributed by atoms with Crippen molar-refractivity contribution in [3.8, 4) is 0 Å². The molecule has 0 aliphatic rings. The molecule has 54 valence electrons. The molecule has 0 aliphatic heterocycles. The maximum atomic E-state index is 9.44. The Balaban J connectivity index is 0. The van der Waals surface area contributed by atoms with E-state index in [4.69, 9.17) is 5.11 Å². The monoisotopic (exact) mass is 196 g/mol. The zero-order valence-electron chi connectivity index (χ0n) is 5.35. The second-order valence-corrected chi connectivity index (χ2v) is 2.00. The van der Waals surface area contributed by atoms with E-state index in [9.17, 15) is 9.59 Å². The number of ketones is 1. The highest BCUT2D eigenvalue weighted by Crippen LogP contribution is 1.73. The summed E-state index contributed by atoms with van der Waals surface area (Å²) in [6.45, 7) is 3.06. The molecule has 0 atom stereocenters. The van der Waals surface area contributed by atoms with Crippen LogP contribution in [-0.2, 0) is 9.59 Å². The summed E-state index contributed by atoms with van der Waals surface area (Å²) in [7, 11) is 0. The van der Waals surface area contributed by atoms with E-state index in [1.807, 2.05) is 0 Å². The van der Waals surface area contributed by atoms with Crippen molar-refractivity contribution in [2.24, 2.45) is 0 Å². The van der Waals surface area contributed by atoms with Crippen molar-refractivity contribution in [2.45, 2.75) is 13.8 Å². The molecule has 0 spiro atoms. The van der Waals surface area contributed by atoms with E-state index >= 15 is 0 Å². The van der Waals surface area contributed by atoms with Crippen LogP contribution >= 0.6 is 15.9 Å². The number of carboxylic acids is 1. The molecular formula is C5H9BrO3. The van der Waals surface area contributed by atoms with Crippen molar-refractivity contribution in [3.63, 3.8) is 0 Å². The molecule has 0 saturated carbocycles. The van der Waals surface area contributed by atoms with E-state index in [1.165, 1.54) is 13.8 Å². The Kier molecular flexibility index (Phi) is 9.67. The van der Waals surface area contributed by atoms with Crippen molar-refractivity contribution in [1.29, 1.82) is 0 Å². The van der Waals surface area contributed by atoms with Crippen LogP contribution in [0.5, 0.6) is 0 Å². The van der Waals surface area contributed by atoms with Gasteiger partial charge in [-0.15, -0.1) is 0 Å². The summed E-state index contributed by atoms with van der Waals surface area (Å²) in [6, 6.07) is 0. The molecule has 0 saturated heterocycles. The zero-order chi connectivity index (χ0) is 7.86. The summed E-state index contributed by atoms with van der Waals surface area (Å²) >= 11 is 2.71. The second-order valence-electron chi connectivity index (χ2n) is 1.44. The third-order valence-electron chi connectivity index (χ3n) is 0.114. The average molecular weight is 197 g/mol. The van der Waals surface area contributed by atoms with Crippen LogP contribution in [-0.4, -0.2) is 22.2 Å². The van der Waals surface area contributed by atoms with Gasteiger partial charge in [0.05, 0.1) is 0 Å². The average Bonchev–Trinajstić information content (AvgIpc) is 1.65. The van der Waals surface area contributed by atoms with E-state index in [1.54, 1.807) is 0 Å². The van der Waals surface area contributed by atoms with Gasteiger partial charge >= 0.3 is 5.97 Å². The first-order valence-corrected chi connectivity index (χ1v) is 3.37. The standard InChI is InChI=1S/C3H6O.C2H3BrO2/c1-3(2)4;3-1-2(4)5/h1-2H3;1H2,(H,4,5). The maximum Gasteiger partial charge on any atom is 0.314 e. The Bertz CT molecular complexity index is 96.4. The van der Waals surface area contributed by atoms with Crippen LogP contribution in [0.3, 0.4) is 0 Å². The minimum absolute atomic E-state index is 0.0347. The fourth-order valence-electron chi connectivity index (χ4n) is 0. The predicted molar refractivity (Wildman–Crippen MR) is 37.8 cm³/mol. The fraction of sp³-hybridized carbons (Fsp3) is 0.600. The van der Waals surface area contributed by atoms with Gasteiger partial charge in [-0.05, 0) is 13.8 Å². The lowest BCUT2D eigenvalue weighted by molar-refractivity contribution is -0.133. The van der Waals surface area contributed by atoms with Gasteiger partial charge in [0.15, 0.2) is 0 Å². The van der Waals surface area contributed by atoms with E-state index in [0.717, 1.165) is 0 Å². The quantitative estimate of drug-likeness (QED) is 0.639. The Hall–Kier alpha value is -0.380. The predicted octanol–water partition coefficient (Wildman–Crippen LogP) is 1.06. The van der Waals surface area contributed by atoms with Crippen LogP contribution in [0.2, 0.25) is 0 Å². The van der Waals surface area contributed by atoms with Crippen LogP contribution in [0.25, 0.3) is 0 Å². The van der Waals surface area contributed by atoms with Crippen molar-refractivity contribution in [2.75, 3.05) is 5.33 Å². The van der Waals surface area contributed by atoms with E-state index in [-0.39, 0.29) is 11.1 Å². The van der Waals surface area contributed by atoms with Crippen LogP contribution in [0, 0.1) is 0 Å². The van der Waals surface area contributed by atoms with E-state index in [0.29, 0.717) is 0 Å². The second kappa shape index (κ2) is 7.62. The first-order valence-electron chi connectivity index (χ1n) is 2.25. The van der Waals surface area contributed by atoms with E-state index in [2.05, 4.69) is 15.9 Å². The maximum absolute atomic E-state index is 9.44. The lowest BCUT2D eigenvalue weighted by Gasteiger charge is -1.70. The third-order valence-corrected chi connectivity index (χ3v) is 0.594. The van der Waals surface area contributed by atoms with Gasteiger partial charge in [0.25, 0.3) is 0 Å². The minimum atomic E-state index is -0.829. The summed E-state index contributed by atoms with van der Waals surface area (Å²) < 4.78 is 0. The number of carbonyl (C=O) groups excluding carboxylic acids is 1. The molecule has 0 rings (SSSR count). The number of rotatable bonds is 1. The van der Waals surface area contributed by atoms with Crippen LogP contribution in [0.15, 0.2) is 0 Å². The Morgan fingerprint density at radius 3 is 1.56 bits per heavy atom. The molecule has 0 aromatic heterocycles. The minimum Gasteiger partial charge on any atom is -0.481 e. The third kappa shape index (κ3) is 91.7. The first kappa shape index (κ1) is 11.4. The number of aliphatic carboxylic acids is 1. The molecule has 0 heterocycles. The highest BCUT2D eigenvalue weighted by atomic mass is 79.9. The normalized spacial score (nSPS) is 7.00. The number of halogens is 1. The van der Waals surface area contributed by atoms with Crippen LogP contribution in [0.1, 0.15) is 13.8 Å². The highest BCUT2D eigenvalue weighted by molar-refractivity contribution is 9.09.